The lowest BCUT2D eigenvalue weighted by Crippen LogP contribution is -2.36. The van der Waals surface area contributed by atoms with E-state index < -0.39 is 20.6 Å². The smallest absolute Gasteiger partial charge is 0.183 e. The molecule has 0 spiro atoms. The van der Waals surface area contributed by atoms with Crippen LogP contribution >= 0.6 is 0 Å². The van der Waals surface area contributed by atoms with E-state index in [0.29, 0.717) is 11.5 Å². The third-order valence-electron chi connectivity index (χ3n) is 4.98. The molecule has 1 saturated carbocycles. The monoisotopic (exact) mass is 359 g/mol. The molecule has 1 aliphatic rings. The van der Waals surface area contributed by atoms with Gasteiger partial charge < -0.3 is 10.5 Å². The van der Waals surface area contributed by atoms with E-state index in [1.165, 1.54) is 0 Å². The Kier molecular flexibility index (Phi) is 4.75. The van der Waals surface area contributed by atoms with Crippen molar-refractivity contribution in [2.24, 2.45) is 5.73 Å². The molecule has 0 amide bonds. The van der Waals surface area contributed by atoms with E-state index >= 15 is 0 Å². The molecule has 0 radical (unpaired) electrons. The van der Waals surface area contributed by atoms with Crippen molar-refractivity contribution in [2.45, 2.75) is 42.4 Å². The van der Waals surface area contributed by atoms with Crippen LogP contribution < -0.4 is 5.73 Å². The molecule has 1 aliphatic carbocycles. The van der Waals surface area contributed by atoms with Crippen molar-refractivity contribution < 1.29 is 13.2 Å². The van der Waals surface area contributed by atoms with Gasteiger partial charge in [0.25, 0.3) is 0 Å². The molecule has 0 saturated heterocycles. The third-order valence-corrected chi connectivity index (χ3v) is 7.29. The van der Waals surface area contributed by atoms with Crippen LogP contribution in [0.25, 0.3) is 0 Å². The summed E-state index contributed by atoms with van der Waals surface area (Å²) in [5.41, 5.74) is 8.76. The van der Waals surface area contributed by atoms with E-state index in [9.17, 15) is 8.42 Å². The van der Waals surface area contributed by atoms with Crippen LogP contribution in [0.1, 0.15) is 29.5 Å². The molecule has 0 unspecified atom stereocenters. The maximum Gasteiger partial charge on any atom is 0.183 e. The minimum absolute atomic E-state index is 0.234. The van der Waals surface area contributed by atoms with Gasteiger partial charge in [-0.15, -0.1) is 0 Å². The van der Waals surface area contributed by atoms with Crippen molar-refractivity contribution in [2.75, 3.05) is 13.2 Å². The molecule has 2 aromatic rings. The first-order valence-corrected chi connectivity index (χ1v) is 10.1. The van der Waals surface area contributed by atoms with Crippen LogP contribution in [-0.2, 0) is 14.6 Å². The molecule has 134 valence electrons. The van der Waals surface area contributed by atoms with E-state index in [2.05, 4.69) is 0 Å². The fraction of sp³-hybridized carbons (Fsp3) is 0.400. The van der Waals surface area contributed by atoms with Crippen LogP contribution in [0.3, 0.4) is 0 Å². The number of sulfone groups is 1. The Hall–Kier alpha value is -1.69. The van der Waals surface area contributed by atoms with Crippen LogP contribution in [0.15, 0.2) is 53.4 Å². The highest BCUT2D eigenvalue weighted by molar-refractivity contribution is 7.92. The van der Waals surface area contributed by atoms with Gasteiger partial charge in [-0.25, -0.2) is 8.42 Å². The summed E-state index contributed by atoms with van der Waals surface area (Å²) in [6, 6.07) is 14.9. The summed E-state index contributed by atoms with van der Waals surface area (Å²) < 4.78 is 31.9. The van der Waals surface area contributed by atoms with Crippen molar-refractivity contribution in [1.29, 1.82) is 0 Å². The molecule has 2 N–H and O–H groups in total. The molecule has 1 fully saturated rings. The van der Waals surface area contributed by atoms with Gasteiger partial charge in [0, 0.05) is 12.5 Å². The predicted molar refractivity (Wildman–Crippen MR) is 99.5 cm³/mol. The quantitative estimate of drug-likeness (QED) is 0.861. The fourth-order valence-corrected chi connectivity index (χ4v) is 5.77. The summed E-state index contributed by atoms with van der Waals surface area (Å²) in [6.07, 6.45) is 0. The van der Waals surface area contributed by atoms with E-state index in [1.54, 1.807) is 12.1 Å². The lowest BCUT2D eigenvalue weighted by Gasteiger charge is -2.12. The summed E-state index contributed by atoms with van der Waals surface area (Å²) in [4.78, 5) is 0.323. The summed E-state index contributed by atoms with van der Waals surface area (Å²) in [6.45, 7) is 6.57. The Morgan fingerprint density at radius 2 is 1.52 bits per heavy atom. The lowest BCUT2D eigenvalue weighted by molar-refractivity contribution is 0.125. The normalized spacial score (nSPS) is 25.8. The molecular formula is C20H25NO3S. The number of benzene rings is 2. The molecule has 25 heavy (non-hydrogen) atoms. The summed E-state index contributed by atoms with van der Waals surface area (Å²) >= 11 is 0. The second-order valence-electron chi connectivity index (χ2n) is 6.92. The average Bonchev–Trinajstić information content (AvgIpc) is 3.21. The Morgan fingerprint density at radius 3 is 2.04 bits per heavy atom. The minimum atomic E-state index is -3.53. The molecule has 0 bridgehead atoms. The number of hydrogen-bond acceptors (Lipinski definition) is 4. The van der Waals surface area contributed by atoms with Crippen molar-refractivity contribution in [3.8, 4) is 0 Å². The Bertz CT molecular complexity index is 844. The molecule has 4 nitrogen and oxygen atoms in total. The van der Waals surface area contributed by atoms with E-state index in [-0.39, 0.29) is 12.5 Å². The Balaban J connectivity index is 1.99. The van der Waals surface area contributed by atoms with Crippen LogP contribution in [0.4, 0.5) is 0 Å². The minimum Gasteiger partial charge on any atom is -0.380 e. The SMILES string of the molecule is CCOC[C@]1(N)[C@H](c2ccc(C)cc2)[C@@H]1S(=O)(=O)c1ccc(C)cc1. The van der Waals surface area contributed by atoms with Crippen LogP contribution in [0.5, 0.6) is 0 Å². The summed E-state index contributed by atoms with van der Waals surface area (Å²) in [7, 11) is -3.53. The van der Waals surface area contributed by atoms with Crippen LogP contribution in [0.2, 0.25) is 0 Å². The van der Waals surface area contributed by atoms with Gasteiger partial charge in [0.2, 0.25) is 0 Å². The third kappa shape index (κ3) is 3.24. The first-order chi connectivity index (χ1) is 11.8. The van der Waals surface area contributed by atoms with Gasteiger partial charge in [-0.05, 0) is 38.5 Å². The molecule has 0 aliphatic heterocycles. The highest BCUT2D eigenvalue weighted by atomic mass is 32.2. The number of hydrogen-bond donors (Lipinski definition) is 1. The molecule has 3 rings (SSSR count). The van der Waals surface area contributed by atoms with Crippen LogP contribution in [-0.4, -0.2) is 32.4 Å². The maximum absolute atomic E-state index is 13.2. The van der Waals surface area contributed by atoms with Crippen molar-refractivity contribution >= 4 is 9.84 Å². The van der Waals surface area contributed by atoms with Gasteiger partial charge in [0.1, 0.15) is 0 Å². The second kappa shape index (κ2) is 6.56. The van der Waals surface area contributed by atoms with Crippen molar-refractivity contribution in [3.05, 3.63) is 65.2 Å². The molecule has 0 heterocycles. The standard InChI is InChI=1S/C20H25NO3S/c1-4-24-13-20(21)18(16-9-5-14(2)6-10-16)19(20)25(22,23)17-11-7-15(3)8-12-17/h5-12,18-19H,4,13,21H2,1-3H3/t18-,19+,20+/m1/s1. The topological polar surface area (TPSA) is 69.4 Å². The summed E-state index contributed by atoms with van der Waals surface area (Å²) in [5.74, 6) is -0.258. The molecule has 0 aromatic heterocycles. The first-order valence-electron chi connectivity index (χ1n) is 8.54. The van der Waals surface area contributed by atoms with Crippen molar-refractivity contribution in [3.63, 3.8) is 0 Å². The number of aryl methyl sites for hydroxylation is 2. The number of nitrogens with two attached hydrogens (primary N) is 1. The highest BCUT2D eigenvalue weighted by Crippen LogP contribution is 2.55. The molecule has 2 aromatic carbocycles. The zero-order chi connectivity index (χ0) is 18.2. The van der Waals surface area contributed by atoms with Crippen molar-refractivity contribution in [1.82, 2.24) is 0 Å². The van der Waals surface area contributed by atoms with Gasteiger partial charge in [-0.3, -0.25) is 0 Å². The fourth-order valence-electron chi connectivity index (χ4n) is 3.48. The second-order valence-corrected chi connectivity index (χ2v) is 8.99. The first kappa shape index (κ1) is 18.1. The van der Waals surface area contributed by atoms with Gasteiger partial charge >= 0.3 is 0 Å². The van der Waals surface area contributed by atoms with E-state index in [4.69, 9.17) is 10.5 Å². The van der Waals surface area contributed by atoms with Gasteiger partial charge in [-0.1, -0.05) is 47.5 Å². The Labute approximate surface area is 149 Å². The van der Waals surface area contributed by atoms with Gasteiger partial charge in [-0.2, -0.15) is 0 Å². The largest absolute Gasteiger partial charge is 0.380 e. The zero-order valence-corrected chi connectivity index (χ0v) is 15.7. The molecule has 5 heteroatoms. The molecular weight excluding hydrogens is 334 g/mol. The highest BCUT2D eigenvalue weighted by Gasteiger charge is 2.69. The number of rotatable bonds is 6. The maximum atomic E-state index is 13.2. The van der Waals surface area contributed by atoms with E-state index in [1.807, 2.05) is 57.2 Å². The average molecular weight is 359 g/mol. The van der Waals surface area contributed by atoms with Crippen LogP contribution in [0, 0.1) is 13.8 Å². The zero-order valence-electron chi connectivity index (χ0n) is 14.9. The van der Waals surface area contributed by atoms with Gasteiger partial charge in [0.15, 0.2) is 9.84 Å². The van der Waals surface area contributed by atoms with E-state index in [0.717, 1.165) is 16.7 Å². The Morgan fingerprint density at radius 1 is 1.00 bits per heavy atom. The predicted octanol–water partition coefficient (Wildman–Crippen LogP) is 2.98. The lowest BCUT2D eigenvalue weighted by atomic mass is 10.1. The van der Waals surface area contributed by atoms with Gasteiger partial charge in [0.05, 0.1) is 22.3 Å². The molecule has 3 atom stereocenters. The number of ether oxygens (including phenoxy) is 1. The summed E-state index contributed by atoms with van der Waals surface area (Å²) in [5, 5.41) is -0.669.